The number of carboxylic acids is 2. The summed E-state index contributed by atoms with van der Waals surface area (Å²) < 4.78 is 26.0. The van der Waals surface area contributed by atoms with E-state index in [0.717, 1.165) is 24.3 Å². The molecule has 6 nitrogen and oxygen atoms in total. The van der Waals surface area contributed by atoms with E-state index in [-0.39, 0.29) is 24.2 Å². The van der Waals surface area contributed by atoms with Crippen molar-refractivity contribution in [3.63, 3.8) is 0 Å². The average Bonchev–Trinajstić information content (AvgIpc) is 2.64. The molecule has 0 aromatic heterocycles. The van der Waals surface area contributed by atoms with Crippen molar-refractivity contribution < 1.29 is 38.2 Å². The monoisotopic (exact) mass is 546 g/mol. The van der Waals surface area contributed by atoms with Crippen LogP contribution in [-0.4, -0.2) is 33.7 Å². The standard InChI is InChI=1S/C10H8BrFO3.C10H6BrFO3/c2*11-8-5-6(12)1-2-7(8)9(13)3-4-10(14)15/h1-2,5H,3-4H2,(H,14,15);1-5H,(H,14,15)/b;4-3+. The number of hydrogen-bond donors (Lipinski definition) is 2. The molecule has 0 atom stereocenters. The number of allylic oxidation sites excluding steroid dienone is 1. The normalized spacial score (nSPS) is 10.3. The molecule has 2 aromatic rings. The summed E-state index contributed by atoms with van der Waals surface area (Å²) in [6, 6.07) is 7.23. The molecule has 0 spiro atoms. The van der Waals surface area contributed by atoms with Crippen LogP contribution in [0.4, 0.5) is 8.78 Å². The zero-order valence-corrected chi connectivity index (χ0v) is 18.2. The van der Waals surface area contributed by atoms with E-state index in [1.54, 1.807) is 0 Å². The maximum absolute atomic E-state index is 12.7. The molecule has 0 fully saturated rings. The van der Waals surface area contributed by atoms with Crippen molar-refractivity contribution in [3.8, 4) is 0 Å². The van der Waals surface area contributed by atoms with Gasteiger partial charge in [-0.3, -0.25) is 14.4 Å². The van der Waals surface area contributed by atoms with Gasteiger partial charge >= 0.3 is 11.9 Å². The van der Waals surface area contributed by atoms with Crippen LogP contribution in [0.25, 0.3) is 0 Å². The topological polar surface area (TPSA) is 109 Å². The second kappa shape index (κ2) is 12.1. The number of rotatable bonds is 7. The Hall–Kier alpha value is -2.72. The number of aliphatic carboxylic acids is 2. The first-order valence-corrected chi connectivity index (χ1v) is 9.70. The number of ketones is 2. The predicted octanol–water partition coefficient (Wildman–Crippen LogP) is 5.05. The Morgan fingerprint density at radius 1 is 0.800 bits per heavy atom. The molecule has 0 radical (unpaired) electrons. The van der Waals surface area contributed by atoms with E-state index >= 15 is 0 Å². The highest BCUT2D eigenvalue weighted by molar-refractivity contribution is 9.10. The SMILES string of the molecule is O=C(O)/C=C/C(=O)c1ccc(F)cc1Br.O=C(O)CCC(=O)c1ccc(F)cc1Br. The van der Waals surface area contributed by atoms with E-state index < -0.39 is 29.4 Å². The molecule has 0 aliphatic rings. The minimum absolute atomic E-state index is 0.0838. The zero-order chi connectivity index (χ0) is 22.8. The van der Waals surface area contributed by atoms with Gasteiger partial charge in [0.2, 0.25) is 0 Å². The average molecular weight is 548 g/mol. The van der Waals surface area contributed by atoms with Crippen LogP contribution in [-0.2, 0) is 9.59 Å². The van der Waals surface area contributed by atoms with Crippen LogP contribution in [0.15, 0.2) is 57.5 Å². The first kappa shape index (κ1) is 25.3. The Bertz CT molecular complexity index is 1000. The largest absolute Gasteiger partial charge is 0.481 e. The molecule has 2 rings (SSSR count). The van der Waals surface area contributed by atoms with Crippen LogP contribution in [0, 0.1) is 11.6 Å². The molecular formula is C20H14Br2F2O6. The summed E-state index contributed by atoms with van der Waals surface area (Å²) in [6.45, 7) is 0. The molecule has 0 amide bonds. The zero-order valence-electron chi connectivity index (χ0n) is 15.1. The minimum Gasteiger partial charge on any atom is -0.481 e. The summed E-state index contributed by atoms with van der Waals surface area (Å²) in [6.07, 6.45) is 1.35. The lowest BCUT2D eigenvalue weighted by Crippen LogP contribution is -2.04. The molecule has 0 aliphatic carbocycles. The molecule has 0 bridgehead atoms. The first-order valence-electron chi connectivity index (χ1n) is 8.11. The maximum Gasteiger partial charge on any atom is 0.328 e. The summed E-state index contributed by atoms with van der Waals surface area (Å²) >= 11 is 6.06. The minimum atomic E-state index is -1.21. The summed E-state index contributed by atoms with van der Waals surface area (Å²) in [5, 5.41) is 16.7. The van der Waals surface area contributed by atoms with E-state index in [2.05, 4.69) is 31.9 Å². The fourth-order valence-corrected chi connectivity index (χ4v) is 3.12. The molecule has 0 heterocycles. The third kappa shape index (κ3) is 8.75. The third-order valence-corrected chi connectivity index (χ3v) is 4.68. The number of halogens is 4. The Morgan fingerprint density at radius 3 is 1.73 bits per heavy atom. The van der Waals surface area contributed by atoms with Gasteiger partial charge < -0.3 is 10.2 Å². The van der Waals surface area contributed by atoms with Crippen LogP contribution >= 0.6 is 31.9 Å². The first-order chi connectivity index (χ1) is 14.0. The van der Waals surface area contributed by atoms with Gasteiger partial charge in [-0.25, -0.2) is 13.6 Å². The van der Waals surface area contributed by atoms with Crippen molar-refractivity contribution >= 4 is 55.4 Å². The highest BCUT2D eigenvalue weighted by Gasteiger charge is 2.12. The van der Waals surface area contributed by atoms with Crippen molar-refractivity contribution in [1.29, 1.82) is 0 Å². The molecular weight excluding hydrogens is 534 g/mol. The Labute approximate surface area is 186 Å². The van der Waals surface area contributed by atoms with E-state index in [9.17, 15) is 28.0 Å². The van der Waals surface area contributed by atoms with Gasteiger partial charge in [-0.2, -0.15) is 0 Å². The fraction of sp³-hybridized carbons (Fsp3) is 0.100. The van der Waals surface area contributed by atoms with Crippen LogP contribution in [0.2, 0.25) is 0 Å². The number of benzene rings is 2. The number of carbonyl (C=O) groups is 4. The summed E-state index contributed by atoms with van der Waals surface area (Å²) in [5.74, 6) is -3.96. The Morgan fingerprint density at radius 2 is 1.30 bits per heavy atom. The van der Waals surface area contributed by atoms with E-state index in [0.29, 0.717) is 14.5 Å². The molecule has 158 valence electrons. The van der Waals surface area contributed by atoms with Gasteiger partial charge in [0.1, 0.15) is 11.6 Å². The number of carboxylic acid groups (broad SMARTS) is 2. The van der Waals surface area contributed by atoms with Gasteiger partial charge in [-0.15, -0.1) is 0 Å². The quantitative estimate of drug-likeness (QED) is 0.371. The van der Waals surface area contributed by atoms with Crippen molar-refractivity contribution in [3.05, 3.63) is 80.3 Å². The van der Waals surface area contributed by atoms with Crippen molar-refractivity contribution in [1.82, 2.24) is 0 Å². The molecule has 30 heavy (non-hydrogen) atoms. The third-order valence-electron chi connectivity index (χ3n) is 3.37. The van der Waals surface area contributed by atoms with Gasteiger partial charge in [-0.1, -0.05) is 0 Å². The molecule has 0 saturated carbocycles. The lowest BCUT2D eigenvalue weighted by Gasteiger charge is -2.02. The van der Waals surface area contributed by atoms with Crippen molar-refractivity contribution in [2.45, 2.75) is 12.8 Å². The number of carbonyl (C=O) groups excluding carboxylic acids is 2. The lowest BCUT2D eigenvalue weighted by molar-refractivity contribution is -0.137. The molecule has 0 unspecified atom stereocenters. The van der Waals surface area contributed by atoms with E-state index in [4.69, 9.17) is 10.2 Å². The van der Waals surface area contributed by atoms with Gasteiger partial charge in [0.15, 0.2) is 11.6 Å². The van der Waals surface area contributed by atoms with Gasteiger partial charge in [0.25, 0.3) is 0 Å². The van der Waals surface area contributed by atoms with Gasteiger partial charge in [0, 0.05) is 32.6 Å². The molecule has 2 aromatic carbocycles. The van der Waals surface area contributed by atoms with E-state index in [1.807, 2.05) is 0 Å². The summed E-state index contributed by atoms with van der Waals surface area (Å²) in [4.78, 5) is 43.3. The fourth-order valence-electron chi connectivity index (χ4n) is 2.00. The summed E-state index contributed by atoms with van der Waals surface area (Å²) in [5.41, 5.74) is 0.520. The second-order valence-corrected chi connectivity index (χ2v) is 7.31. The molecule has 0 aliphatic heterocycles. The van der Waals surface area contributed by atoms with Gasteiger partial charge in [0.05, 0.1) is 6.42 Å². The highest BCUT2D eigenvalue weighted by Crippen LogP contribution is 2.20. The highest BCUT2D eigenvalue weighted by atomic mass is 79.9. The predicted molar refractivity (Wildman–Crippen MR) is 111 cm³/mol. The summed E-state index contributed by atoms with van der Waals surface area (Å²) in [7, 11) is 0. The Kier molecular flexibility index (Phi) is 10.2. The van der Waals surface area contributed by atoms with E-state index in [1.165, 1.54) is 24.3 Å². The molecule has 10 heteroatoms. The lowest BCUT2D eigenvalue weighted by atomic mass is 10.1. The van der Waals surface area contributed by atoms with Gasteiger partial charge in [-0.05, 0) is 74.3 Å². The van der Waals surface area contributed by atoms with Crippen molar-refractivity contribution in [2.24, 2.45) is 0 Å². The molecule has 0 saturated heterocycles. The number of hydrogen-bond acceptors (Lipinski definition) is 4. The van der Waals surface area contributed by atoms with Crippen LogP contribution in [0.1, 0.15) is 33.6 Å². The van der Waals surface area contributed by atoms with Crippen LogP contribution < -0.4 is 0 Å². The number of Topliss-reactive ketones (excluding diaryl/α,β-unsaturated/α-hetero) is 1. The Balaban J connectivity index is 0.000000300. The molecule has 2 N–H and O–H groups in total. The second-order valence-electron chi connectivity index (χ2n) is 5.60. The smallest absolute Gasteiger partial charge is 0.328 e. The van der Waals surface area contributed by atoms with Crippen molar-refractivity contribution in [2.75, 3.05) is 0 Å². The maximum atomic E-state index is 12.7. The van der Waals surface area contributed by atoms with Crippen LogP contribution in [0.5, 0.6) is 0 Å². The van der Waals surface area contributed by atoms with Crippen LogP contribution in [0.3, 0.4) is 0 Å².